The number of benzene rings is 1. The summed E-state index contributed by atoms with van der Waals surface area (Å²) in [6, 6.07) is 12.9. The number of aromatic nitrogens is 1. The molecule has 2 aromatic rings. The average Bonchev–Trinajstić information content (AvgIpc) is 2.46. The second-order valence-electron chi connectivity index (χ2n) is 4.34. The molecule has 0 saturated heterocycles. The van der Waals surface area contributed by atoms with Crippen molar-refractivity contribution < 1.29 is 14.2 Å². The molecule has 2 N–H and O–H groups in total. The second-order valence-corrected chi connectivity index (χ2v) is 4.34. The highest BCUT2D eigenvalue weighted by molar-refractivity contribution is 5.76. The third kappa shape index (κ3) is 3.62. The van der Waals surface area contributed by atoms with Gasteiger partial charge in [0.1, 0.15) is 6.29 Å². The van der Waals surface area contributed by atoms with Crippen LogP contribution in [0.1, 0.15) is 21.6 Å². The topological polar surface area (TPSA) is 64.0 Å². The highest BCUT2D eigenvalue weighted by Crippen LogP contribution is 2.07. The average molecular weight is 267 g/mol. The largest absolute Gasteiger partial charge is 0.364 e. The third-order valence-corrected chi connectivity index (χ3v) is 2.82. The van der Waals surface area contributed by atoms with Crippen LogP contribution >= 0.6 is 0 Å². The van der Waals surface area contributed by atoms with Crippen LogP contribution in [-0.4, -0.2) is 12.2 Å². The lowest BCUT2D eigenvalue weighted by atomic mass is 10.1. The van der Waals surface area contributed by atoms with Gasteiger partial charge in [-0.2, -0.15) is 4.57 Å². The number of carbonyl (C=O) groups is 2. The van der Waals surface area contributed by atoms with Crippen molar-refractivity contribution in [2.24, 2.45) is 5.73 Å². The molecule has 0 radical (unpaired) electrons. The monoisotopic (exact) mass is 267 g/mol. The number of hydrogen-bond acceptors (Lipinski definition) is 2. The summed E-state index contributed by atoms with van der Waals surface area (Å²) in [4.78, 5) is 21.6. The molecular formula is C16H15N2O2+. The van der Waals surface area contributed by atoms with Crippen molar-refractivity contribution in [3.63, 3.8) is 0 Å². The maximum atomic E-state index is 11.0. The summed E-state index contributed by atoms with van der Waals surface area (Å²) < 4.78 is 1.78. The number of nitrogens with zero attached hydrogens (tertiary/aromatic N) is 1. The molecule has 1 aromatic heterocycles. The van der Waals surface area contributed by atoms with E-state index in [9.17, 15) is 9.59 Å². The molecule has 0 aliphatic heterocycles. The number of aldehydes is 1. The van der Waals surface area contributed by atoms with Crippen molar-refractivity contribution in [2.75, 3.05) is 0 Å². The number of primary amides is 1. The lowest BCUT2D eigenvalue weighted by Crippen LogP contribution is -2.42. The number of nitrogens with two attached hydrogens (primary N) is 1. The molecular weight excluding hydrogens is 252 g/mol. The van der Waals surface area contributed by atoms with Crippen molar-refractivity contribution in [3.05, 3.63) is 65.5 Å². The molecule has 0 bridgehead atoms. The smallest absolute Gasteiger partial charge is 0.283 e. The van der Waals surface area contributed by atoms with E-state index in [0.29, 0.717) is 5.56 Å². The van der Waals surface area contributed by atoms with Gasteiger partial charge < -0.3 is 5.73 Å². The van der Waals surface area contributed by atoms with Crippen LogP contribution < -0.4 is 10.3 Å². The molecule has 1 amide bonds. The molecule has 0 atom stereocenters. The molecule has 4 nitrogen and oxygen atoms in total. The van der Waals surface area contributed by atoms with Crippen LogP contribution in [0.25, 0.3) is 12.2 Å². The minimum Gasteiger partial charge on any atom is -0.364 e. The Morgan fingerprint density at radius 3 is 2.40 bits per heavy atom. The summed E-state index contributed by atoms with van der Waals surface area (Å²) in [7, 11) is 0. The lowest BCUT2D eigenvalue weighted by Gasteiger charge is -1.98. The van der Waals surface area contributed by atoms with Crippen molar-refractivity contribution in [3.8, 4) is 0 Å². The minimum atomic E-state index is -0.383. The molecule has 0 aliphatic carbocycles. The maximum absolute atomic E-state index is 11.0. The molecule has 0 aliphatic rings. The van der Waals surface area contributed by atoms with Gasteiger partial charge in [0.2, 0.25) is 12.2 Å². The van der Waals surface area contributed by atoms with Crippen LogP contribution in [-0.2, 0) is 11.3 Å². The zero-order valence-electron chi connectivity index (χ0n) is 10.9. The molecule has 0 unspecified atom stereocenters. The van der Waals surface area contributed by atoms with Gasteiger partial charge >= 0.3 is 0 Å². The first kappa shape index (κ1) is 13.7. The highest BCUT2D eigenvalue weighted by Gasteiger charge is 2.09. The van der Waals surface area contributed by atoms with E-state index in [-0.39, 0.29) is 12.5 Å². The number of rotatable bonds is 5. The van der Waals surface area contributed by atoms with E-state index in [4.69, 9.17) is 5.73 Å². The first-order chi connectivity index (χ1) is 9.69. The summed E-state index contributed by atoms with van der Waals surface area (Å²) in [6.07, 6.45) is 6.44. The summed E-state index contributed by atoms with van der Waals surface area (Å²) in [5, 5.41) is 0. The van der Waals surface area contributed by atoms with Gasteiger partial charge in [-0.25, -0.2) is 0 Å². The Morgan fingerprint density at radius 1 is 1.05 bits per heavy atom. The Bertz CT molecular complexity index is 646. The normalized spacial score (nSPS) is 10.6. The number of carbonyl (C=O) groups excluding carboxylic acids is 2. The zero-order valence-corrected chi connectivity index (χ0v) is 10.9. The quantitative estimate of drug-likeness (QED) is 0.658. The van der Waals surface area contributed by atoms with Crippen molar-refractivity contribution >= 4 is 24.3 Å². The van der Waals surface area contributed by atoms with Gasteiger partial charge in [0.05, 0.1) is 0 Å². The van der Waals surface area contributed by atoms with E-state index in [1.54, 1.807) is 22.9 Å². The predicted octanol–water partition coefficient (Wildman–Crippen LogP) is 1.44. The Labute approximate surface area is 117 Å². The number of amides is 1. The van der Waals surface area contributed by atoms with Crippen LogP contribution in [0.3, 0.4) is 0 Å². The molecule has 20 heavy (non-hydrogen) atoms. The fourth-order valence-corrected chi connectivity index (χ4v) is 1.82. The summed E-state index contributed by atoms with van der Waals surface area (Å²) in [5.41, 5.74) is 7.72. The first-order valence-electron chi connectivity index (χ1n) is 6.19. The zero-order chi connectivity index (χ0) is 14.4. The Morgan fingerprint density at radius 2 is 1.75 bits per heavy atom. The van der Waals surface area contributed by atoms with Crippen LogP contribution in [0.15, 0.2) is 48.7 Å². The summed E-state index contributed by atoms with van der Waals surface area (Å²) in [6.45, 7) is 0.143. The Kier molecular flexibility index (Phi) is 4.39. The van der Waals surface area contributed by atoms with Crippen molar-refractivity contribution in [2.45, 2.75) is 6.54 Å². The van der Waals surface area contributed by atoms with Gasteiger partial charge in [0.15, 0.2) is 6.20 Å². The van der Waals surface area contributed by atoms with E-state index in [0.717, 1.165) is 17.5 Å². The van der Waals surface area contributed by atoms with E-state index in [1.165, 1.54) is 0 Å². The van der Waals surface area contributed by atoms with Gasteiger partial charge in [0.25, 0.3) is 5.91 Å². The molecule has 1 aromatic carbocycles. The van der Waals surface area contributed by atoms with Gasteiger partial charge in [0, 0.05) is 23.8 Å². The molecule has 1 heterocycles. The second kappa shape index (κ2) is 6.43. The van der Waals surface area contributed by atoms with Crippen LogP contribution in [0.4, 0.5) is 0 Å². The molecule has 0 saturated carbocycles. The molecule has 0 spiro atoms. The summed E-state index contributed by atoms with van der Waals surface area (Å²) >= 11 is 0. The lowest BCUT2D eigenvalue weighted by molar-refractivity contribution is -0.686. The van der Waals surface area contributed by atoms with Crippen molar-refractivity contribution in [1.29, 1.82) is 0 Å². The predicted molar refractivity (Wildman–Crippen MR) is 76.6 cm³/mol. The third-order valence-electron chi connectivity index (χ3n) is 2.82. The van der Waals surface area contributed by atoms with Gasteiger partial charge in [-0.3, -0.25) is 9.59 Å². The molecule has 0 fully saturated rings. The van der Waals surface area contributed by atoms with E-state index < -0.39 is 0 Å². The van der Waals surface area contributed by atoms with Gasteiger partial charge in [-0.15, -0.1) is 0 Å². The van der Waals surface area contributed by atoms with Crippen molar-refractivity contribution in [1.82, 2.24) is 0 Å². The fourth-order valence-electron chi connectivity index (χ4n) is 1.82. The van der Waals surface area contributed by atoms with Crippen LogP contribution in [0.2, 0.25) is 0 Å². The number of pyridine rings is 1. The van der Waals surface area contributed by atoms with Gasteiger partial charge in [-0.1, -0.05) is 24.3 Å². The first-order valence-corrected chi connectivity index (χ1v) is 6.19. The SMILES string of the molecule is NC(=O)C[n+]1ccccc1/C=C/c1ccc(C=O)cc1. The standard InChI is InChI=1S/C16H14N2O2/c17-16(20)11-18-10-2-1-3-15(18)9-8-13-4-6-14(12-19)7-5-13/h1-10,12H,11H2,(H-,17,20)/p+1/b9-8+. The molecule has 2 rings (SSSR count). The Hall–Kier alpha value is -2.75. The number of hydrogen-bond donors (Lipinski definition) is 1. The van der Waals surface area contributed by atoms with Gasteiger partial charge in [-0.05, 0) is 17.7 Å². The molecule has 4 heteroatoms. The minimum absolute atomic E-state index is 0.143. The van der Waals surface area contributed by atoms with Crippen LogP contribution in [0, 0.1) is 0 Å². The fraction of sp³-hybridized carbons (Fsp3) is 0.0625. The summed E-state index contributed by atoms with van der Waals surface area (Å²) in [5.74, 6) is -0.383. The maximum Gasteiger partial charge on any atom is 0.283 e. The van der Waals surface area contributed by atoms with E-state index in [1.807, 2.05) is 42.5 Å². The van der Waals surface area contributed by atoms with E-state index >= 15 is 0 Å². The highest BCUT2D eigenvalue weighted by atomic mass is 16.1. The Balaban J connectivity index is 2.21. The van der Waals surface area contributed by atoms with E-state index in [2.05, 4.69) is 0 Å². The molecule has 100 valence electrons. The van der Waals surface area contributed by atoms with Crippen LogP contribution in [0.5, 0.6) is 0 Å².